The maximum Gasteiger partial charge on any atom is 0.335 e. The first kappa shape index (κ1) is 21.7. The summed E-state index contributed by atoms with van der Waals surface area (Å²) in [6.45, 7) is 0. The Hall–Kier alpha value is -3.82. The van der Waals surface area contributed by atoms with Crippen LogP contribution in [0.3, 0.4) is 0 Å². The second kappa shape index (κ2) is 8.44. The first-order valence-corrected chi connectivity index (χ1v) is 12.1. The Balaban J connectivity index is 1.33. The molecule has 2 N–H and O–H groups in total. The number of rotatable bonds is 6. The third-order valence-electron chi connectivity index (χ3n) is 5.84. The van der Waals surface area contributed by atoms with Gasteiger partial charge in [-0.1, -0.05) is 35.1 Å². The van der Waals surface area contributed by atoms with Crippen LogP contribution in [0, 0.1) is 5.82 Å². The van der Waals surface area contributed by atoms with Crippen molar-refractivity contribution >= 4 is 50.8 Å². The lowest BCUT2D eigenvalue weighted by Crippen LogP contribution is -1.98. The van der Waals surface area contributed by atoms with Crippen molar-refractivity contribution in [1.82, 2.24) is 19.7 Å². The predicted molar refractivity (Wildman–Crippen MR) is 134 cm³/mol. The van der Waals surface area contributed by atoms with E-state index in [0.29, 0.717) is 26.7 Å². The highest BCUT2D eigenvalue weighted by atomic mass is 35.5. The first-order valence-electron chi connectivity index (χ1n) is 10.9. The second-order valence-corrected chi connectivity index (χ2v) is 9.70. The Bertz CT molecular complexity index is 1580. The molecule has 35 heavy (non-hydrogen) atoms. The summed E-state index contributed by atoms with van der Waals surface area (Å²) in [5.41, 5.74) is 3.53. The first-order chi connectivity index (χ1) is 17.0. The summed E-state index contributed by atoms with van der Waals surface area (Å²) in [5, 5.41) is 22.0. The highest BCUT2D eigenvalue weighted by Crippen LogP contribution is 2.42. The zero-order chi connectivity index (χ0) is 24.1. The molecule has 0 unspecified atom stereocenters. The van der Waals surface area contributed by atoms with Gasteiger partial charge in [0, 0.05) is 28.3 Å². The molecule has 0 aliphatic heterocycles. The van der Waals surface area contributed by atoms with Gasteiger partial charge in [0.05, 0.1) is 22.3 Å². The SMILES string of the molecule is O=C(O)c1ccc(-c2nnc(Nc3cc4nc(-c5ccc(Cl)cc5)n(C5CC5)c4cc3F)s2)cc1. The van der Waals surface area contributed by atoms with E-state index in [1.165, 1.54) is 29.5 Å². The number of imidazole rings is 1. The molecule has 1 aliphatic rings. The Morgan fingerprint density at radius 2 is 1.77 bits per heavy atom. The second-order valence-electron chi connectivity index (χ2n) is 8.28. The van der Waals surface area contributed by atoms with Gasteiger partial charge in [0.15, 0.2) is 0 Å². The number of aromatic carboxylic acids is 1. The molecule has 0 spiro atoms. The van der Waals surface area contributed by atoms with E-state index in [-0.39, 0.29) is 11.3 Å². The summed E-state index contributed by atoms with van der Waals surface area (Å²) < 4.78 is 17.3. The zero-order valence-corrected chi connectivity index (χ0v) is 19.6. The van der Waals surface area contributed by atoms with Crippen molar-refractivity contribution in [3.05, 3.63) is 77.1 Å². The van der Waals surface area contributed by atoms with Crippen LogP contribution in [0.25, 0.3) is 33.0 Å². The van der Waals surface area contributed by atoms with Crippen LogP contribution in [0.2, 0.25) is 5.02 Å². The van der Waals surface area contributed by atoms with Crippen molar-refractivity contribution in [2.75, 3.05) is 5.32 Å². The molecule has 1 aliphatic carbocycles. The van der Waals surface area contributed by atoms with E-state index in [2.05, 4.69) is 20.1 Å². The van der Waals surface area contributed by atoms with Gasteiger partial charge in [-0.2, -0.15) is 0 Å². The topological polar surface area (TPSA) is 92.9 Å². The van der Waals surface area contributed by atoms with E-state index < -0.39 is 11.8 Å². The van der Waals surface area contributed by atoms with Crippen molar-refractivity contribution in [3.63, 3.8) is 0 Å². The molecule has 7 nitrogen and oxygen atoms in total. The predicted octanol–water partition coefficient (Wildman–Crippen LogP) is 6.79. The van der Waals surface area contributed by atoms with Crippen LogP contribution in [0.15, 0.2) is 60.7 Å². The number of aromatic nitrogens is 4. The number of carboxylic acid groups (broad SMARTS) is 1. The fourth-order valence-electron chi connectivity index (χ4n) is 3.98. The van der Waals surface area contributed by atoms with E-state index >= 15 is 4.39 Å². The molecule has 0 bridgehead atoms. The maximum atomic E-state index is 15.2. The molecule has 3 aromatic carbocycles. The third-order valence-corrected chi connectivity index (χ3v) is 6.98. The lowest BCUT2D eigenvalue weighted by atomic mass is 10.1. The number of halogens is 2. The third kappa shape index (κ3) is 4.13. The van der Waals surface area contributed by atoms with Crippen molar-refractivity contribution < 1.29 is 14.3 Å². The molecule has 6 rings (SSSR count). The molecular formula is C25H17ClFN5O2S. The molecule has 10 heteroatoms. The average molecular weight is 506 g/mol. The number of fused-ring (bicyclic) bond motifs is 1. The van der Waals surface area contributed by atoms with Crippen LogP contribution < -0.4 is 5.32 Å². The number of benzene rings is 3. The summed E-state index contributed by atoms with van der Waals surface area (Å²) in [6, 6.07) is 17.3. The number of carboxylic acids is 1. The van der Waals surface area contributed by atoms with Crippen molar-refractivity contribution in [1.29, 1.82) is 0 Å². The van der Waals surface area contributed by atoms with E-state index in [1.807, 2.05) is 24.3 Å². The van der Waals surface area contributed by atoms with Crippen molar-refractivity contribution in [3.8, 4) is 22.0 Å². The molecule has 174 valence electrons. The monoisotopic (exact) mass is 505 g/mol. The summed E-state index contributed by atoms with van der Waals surface area (Å²) in [4.78, 5) is 15.9. The van der Waals surface area contributed by atoms with Crippen LogP contribution in [0.1, 0.15) is 29.2 Å². The van der Waals surface area contributed by atoms with Gasteiger partial charge >= 0.3 is 5.97 Å². The molecule has 0 amide bonds. The molecule has 1 saturated carbocycles. The fourth-order valence-corrected chi connectivity index (χ4v) is 4.86. The number of hydrogen-bond donors (Lipinski definition) is 2. The van der Waals surface area contributed by atoms with Gasteiger partial charge in [-0.25, -0.2) is 14.2 Å². The van der Waals surface area contributed by atoms with Crippen LogP contribution in [0.5, 0.6) is 0 Å². The van der Waals surface area contributed by atoms with Gasteiger partial charge in [-0.15, -0.1) is 10.2 Å². The van der Waals surface area contributed by atoms with Crippen LogP contribution >= 0.6 is 22.9 Å². The minimum atomic E-state index is -0.995. The van der Waals surface area contributed by atoms with Gasteiger partial charge in [0.1, 0.15) is 16.6 Å². The zero-order valence-electron chi connectivity index (χ0n) is 18.1. The fraction of sp³-hybridized carbons (Fsp3) is 0.120. The van der Waals surface area contributed by atoms with E-state index in [4.69, 9.17) is 21.7 Å². The Labute approximate surface area is 207 Å². The molecule has 0 atom stereocenters. The molecule has 2 aromatic heterocycles. The average Bonchev–Trinajstić information content (AvgIpc) is 3.47. The molecule has 2 heterocycles. The molecule has 0 radical (unpaired) electrons. The summed E-state index contributed by atoms with van der Waals surface area (Å²) in [6.07, 6.45) is 2.07. The summed E-state index contributed by atoms with van der Waals surface area (Å²) in [5.74, 6) is -0.617. The van der Waals surface area contributed by atoms with Crippen LogP contribution in [-0.2, 0) is 0 Å². The Morgan fingerprint density at radius 1 is 1.06 bits per heavy atom. The summed E-state index contributed by atoms with van der Waals surface area (Å²) >= 11 is 7.30. The quantitative estimate of drug-likeness (QED) is 0.264. The Morgan fingerprint density at radius 3 is 2.46 bits per heavy atom. The largest absolute Gasteiger partial charge is 0.478 e. The minimum Gasteiger partial charge on any atom is -0.478 e. The lowest BCUT2D eigenvalue weighted by Gasteiger charge is -2.09. The van der Waals surface area contributed by atoms with Crippen LogP contribution in [0.4, 0.5) is 15.2 Å². The number of hydrogen-bond acceptors (Lipinski definition) is 6. The van der Waals surface area contributed by atoms with Crippen LogP contribution in [-0.4, -0.2) is 30.8 Å². The molecule has 1 fully saturated rings. The highest BCUT2D eigenvalue weighted by molar-refractivity contribution is 7.18. The number of anilines is 2. The minimum absolute atomic E-state index is 0.190. The normalized spacial score (nSPS) is 13.3. The lowest BCUT2D eigenvalue weighted by molar-refractivity contribution is 0.0697. The van der Waals surface area contributed by atoms with Gasteiger partial charge < -0.3 is 15.0 Å². The molecule has 0 saturated heterocycles. The van der Waals surface area contributed by atoms with Crippen molar-refractivity contribution in [2.24, 2.45) is 0 Å². The molecular weight excluding hydrogens is 489 g/mol. The van der Waals surface area contributed by atoms with E-state index in [1.54, 1.807) is 18.2 Å². The van der Waals surface area contributed by atoms with Gasteiger partial charge in [0.2, 0.25) is 5.13 Å². The summed E-state index contributed by atoms with van der Waals surface area (Å²) in [7, 11) is 0. The van der Waals surface area contributed by atoms with E-state index in [0.717, 1.165) is 35.3 Å². The number of nitrogens with one attached hydrogen (secondary N) is 1. The number of nitrogens with zero attached hydrogens (tertiary/aromatic N) is 4. The highest BCUT2D eigenvalue weighted by Gasteiger charge is 2.29. The standard InChI is InChI=1S/C25H17ClFN5O2S/c26-16-7-5-13(6-8-16)22-28-20-12-19(18(27)11-21(20)32(22)17-9-10-17)29-25-31-30-23(35-25)14-1-3-15(4-2-14)24(33)34/h1-8,11-12,17H,9-10H2,(H,29,31)(H,33,34). The van der Waals surface area contributed by atoms with Crippen molar-refractivity contribution in [2.45, 2.75) is 18.9 Å². The smallest absolute Gasteiger partial charge is 0.335 e. The van der Waals surface area contributed by atoms with E-state index in [9.17, 15) is 4.79 Å². The molecule has 5 aromatic rings. The van der Waals surface area contributed by atoms with Gasteiger partial charge in [-0.05, 0) is 55.3 Å². The van der Waals surface area contributed by atoms with Gasteiger partial charge in [-0.3, -0.25) is 0 Å². The maximum absolute atomic E-state index is 15.2. The number of carbonyl (C=O) groups is 1. The Kier molecular flexibility index (Phi) is 5.23. The van der Waals surface area contributed by atoms with Gasteiger partial charge in [0.25, 0.3) is 0 Å².